The van der Waals surface area contributed by atoms with Crippen LogP contribution in [0.15, 0.2) is 54.6 Å². The molecule has 0 atom stereocenters. The van der Waals surface area contributed by atoms with Gasteiger partial charge in [0.15, 0.2) is 0 Å². The second kappa shape index (κ2) is 10.4. The van der Waals surface area contributed by atoms with Gasteiger partial charge in [-0.2, -0.15) is 0 Å². The van der Waals surface area contributed by atoms with Crippen LogP contribution in [-0.4, -0.2) is 42.1 Å². The molecule has 0 unspecified atom stereocenters. The number of nitrogens with one attached hydrogen (secondary N) is 1. The van der Waals surface area contributed by atoms with E-state index in [0.29, 0.717) is 6.04 Å². The molecule has 3 heteroatoms. The van der Waals surface area contributed by atoms with Gasteiger partial charge in [0.1, 0.15) is 0 Å². The molecule has 148 valence electrons. The van der Waals surface area contributed by atoms with Crippen LogP contribution in [0.2, 0.25) is 0 Å². The predicted octanol–water partition coefficient (Wildman–Crippen LogP) is 4.93. The predicted molar refractivity (Wildman–Crippen MR) is 120 cm³/mol. The molecule has 1 aliphatic rings. The van der Waals surface area contributed by atoms with Crippen LogP contribution in [0.3, 0.4) is 0 Å². The molecule has 0 amide bonds. The minimum Gasteiger partial charge on any atom is -0.311 e. The first-order valence-corrected chi connectivity index (χ1v) is 10.5. The van der Waals surface area contributed by atoms with E-state index in [9.17, 15) is 0 Å². The van der Waals surface area contributed by atoms with E-state index in [2.05, 4.69) is 91.7 Å². The standard InChI is InChI=1S/C25H33N3/c1-20(2)26-16-7-9-23-8-6-10-25(27-23)24(15-19-28-17-4-5-18-28)22-13-11-21(3)12-14-22/h6-15,20,26H,4-5,16-19H2,1-3H3/b9-7+,24-15+. The molecule has 2 heterocycles. The molecule has 1 saturated heterocycles. The summed E-state index contributed by atoms with van der Waals surface area (Å²) in [4.78, 5) is 7.46. The van der Waals surface area contributed by atoms with Crippen LogP contribution < -0.4 is 5.32 Å². The molecule has 1 fully saturated rings. The van der Waals surface area contributed by atoms with E-state index in [4.69, 9.17) is 4.98 Å². The maximum absolute atomic E-state index is 4.93. The number of pyridine rings is 1. The van der Waals surface area contributed by atoms with Crippen molar-refractivity contribution in [2.24, 2.45) is 0 Å². The third-order valence-electron chi connectivity index (χ3n) is 5.09. The average Bonchev–Trinajstić information content (AvgIpc) is 3.21. The van der Waals surface area contributed by atoms with Gasteiger partial charge in [-0.1, -0.05) is 61.9 Å². The minimum absolute atomic E-state index is 0.491. The third-order valence-corrected chi connectivity index (χ3v) is 5.09. The summed E-state index contributed by atoms with van der Waals surface area (Å²) >= 11 is 0. The molecule has 28 heavy (non-hydrogen) atoms. The van der Waals surface area contributed by atoms with E-state index < -0.39 is 0 Å². The van der Waals surface area contributed by atoms with E-state index in [1.54, 1.807) is 0 Å². The summed E-state index contributed by atoms with van der Waals surface area (Å²) in [7, 11) is 0. The second-order valence-electron chi connectivity index (χ2n) is 7.90. The summed E-state index contributed by atoms with van der Waals surface area (Å²) in [5.74, 6) is 0. The fraction of sp³-hybridized carbons (Fsp3) is 0.400. The lowest BCUT2D eigenvalue weighted by atomic mass is 10.00. The smallest absolute Gasteiger partial charge is 0.0712 e. The summed E-state index contributed by atoms with van der Waals surface area (Å²) in [6.45, 7) is 10.7. The van der Waals surface area contributed by atoms with Gasteiger partial charge >= 0.3 is 0 Å². The molecule has 0 radical (unpaired) electrons. The van der Waals surface area contributed by atoms with Crippen molar-refractivity contribution in [3.05, 3.63) is 77.1 Å². The number of likely N-dealkylation sites (tertiary alicyclic amines) is 1. The number of aromatic nitrogens is 1. The molecule has 1 aliphatic heterocycles. The van der Waals surface area contributed by atoms with Gasteiger partial charge in [0, 0.05) is 24.7 Å². The number of aryl methyl sites for hydroxylation is 1. The molecular weight excluding hydrogens is 342 g/mol. The van der Waals surface area contributed by atoms with Gasteiger partial charge in [-0.05, 0) is 56.6 Å². The Balaban J connectivity index is 1.83. The van der Waals surface area contributed by atoms with Gasteiger partial charge in [0.05, 0.1) is 11.4 Å². The molecule has 0 aliphatic carbocycles. The Bertz CT molecular complexity index is 797. The molecule has 3 nitrogen and oxygen atoms in total. The SMILES string of the molecule is Cc1ccc(/C(=C\CN2CCCC2)c2cccc(/C=C/CNC(C)C)n2)cc1. The summed E-state index contributed by atoms with van der Waals surface area (Å²) in [6.07, 6.45) is 9.23. The zero-order valence-corrected chi connectivity index (χ0v) is 17.5. The first kappa shape index (κ1) is 20.5. The molecule has 0 bridgehead atoms. The van der Waals surface area contributed by atoms with Crippen molar-refractivity contribution < 1.29 is 0 Å². The zero-order chi connectivity index (χ0) is 19.8. The van der Waals surface area contributed by atoms with Gasteiger partial charge in [-0.3, -0.25) is 4.90 Å². The first-order valence-electron chi connectivity index (χ1n) is 10.5. The lowest BCUT2D eigenvalue weighted by Gasteiger charge is -2.14. The second-order valence-corrected chi connectivity index (χ2v) is 7.90. The van der Waals surface area contributed by atoms with Crippen molar-refractivity contribution in [1.29, 1.82) is 0 Å². The van der Waals surface area contributed by atoms with E-state index in [-0.39, 0.29) is 0 Å². The molecule has 3 rings (SSSR count). The number of hydrogen-bond acceptors (Lipinski definition) is 3. The fourth-order valence-electron chi connectivity index (χ4n) is 3.47. The Morgan fingerprint density at radius 3 is 2.57 bits per heavy atom. The average molecular weight is 376 g/mol. The Labute approximate surface area is 170 Å². The van der Waals surface area contributed by atoms with E-state index in [1.807, 2.05) is 0 Å². The largest absolute Gasteiger partial charge is 0.311 e. The fourth-order valence-corrected chi connectivity index (χ4v) is 3.47. The van der Waals surface area contributed by atoms with Crippen molar-refractivity contribution in [2.75, 3.05) is 26.2 Å². The summed E-state index contributed by atoms with van der Waals surface area (Å²) < 4.78 is 0. The van der Waals surface area contributed by atoms with Gasteiger partial charge in [-0.15, -0.1) is 0 Å². The van der Waals surface area contributed by atoms with Gasteiger partial charge in [0.2, 0.25) is 0 Å². The highest BCUT2D eigenvalue weighted by molar-refractivity contribution is 5.78. The number of nitrogens with zero attached hydrogens (tertiary/aromatic N) is 2. The quantitative estimate of drug-likeness (QED) is 0.709. The van der Waals surface area contributed by atoms with Crippen LogP contribution in [0.25, 0.3) is 11.6 Å². The molecule has 1 N–H and O–H groups in total. The van der Waals surface area contributed by atoms with Crippen molar-refractivity contribution in [3.63, 3.8) is 0 Å². The van der Waals surface area contributed by atoms with Gasteiger partial charge in [-0.25, -0.2) is 4.98 Å². The van der Waals surface area contributed by atoms with E-state index in [1.165, 1.54) is 42.6 Å². The summed E-state index contributed by atoms with van der Waals surface area (Å²) in [5, 5.41) is 3.40. The van der Waals surface area contributed by atoms with Crippen molar-refractivity contribution in [2.45, 2.75) is 39.7 Å². The monoisotopic (exact) mass is 375 g/mol. The maximum Gasteiger partial charge on any atom is 0.0712 e. The Hall–Kier alpha value is -2.23. The number of rotatable bonds is 8. The molecule has 0 saturated carbocycles. The van der Waals surface area contributed by atoms with Crippen molar-refractivity contribution in [3.8, 4) is 0 Å². The van der Waals surface area contributed by atoms with Crippen LogP contribution in [0, 0.1) is 6.92 Å². The van der Waals surface area contributed by atoms with Crippen molar-refractivity contribution in [1.82, 2.24) is 15.2 Å². The van der Waals surface area contributed by atoms with Crippen LogP contribution in [-0.2, 0) is 0 Å². The van der Waals surface area contributed by atoms with E-state index >= 15 is 0 Å². The first-order chi connectivity index (χ1) is 13.6. The lowest BCUT2D eigenvalue weighted by molar-refractivity contribution is 0.377. The van der Waals surface area contributed by atoms with Crippen LogP contribution in [0.1, 0.15) is 49.2 Å². The molecular formula is C25H33N3. The molecule has 2 aromatic rings. The number of benzene rings is 1. The summed E-state index contributed by atoms with van der Waals surface area (Å²) in [5.41, 5.74) is 5.79. The van der Waals surface area contributed by atoms with Crippen LogP contribution >= 0.6 is 0 Å². The minimum atomic E-state index is 0.491. The van der Waals surface area contributed by atoms with Crippen molar-refractivity contribution >= 4 is 11.6 Å². The zero-order valence-electron chi connectivity index (χ0n) is 17.5. The Morgan fingerprint density at radius 2 is 1.86 bits per heavy atom. The van der Waals surface area contributed by atoms with E-state index in [0.717, 1.165) is 24.5 Å². The van der Waals surface area contributed by atoms with Gasteiger partial charge < -0.3 is 5.32 Å². The highest BCUT2D eigenvalue weighted by Crippen LogP contribution is 2.23. The highest BCUT2D eigenvalue weighted by Gasteiger charge is 2.12. The molecule has 1 aromatic heterocycles. The maximum atomic E-state index is 4.93. The summed E-state index contributed by atoms with van der Waals surface area (Å²) in [6, 6.07) is 15.6. The molecule has 1 aromatic carbocycles. The molecule has 0 spiro atoms. The van der Waals surface area contributed by atoms with Crippen LogP contribution in [0.5, 0.6) is 0 Å². The normalized spacial score (nSPS) is 15.8. The number of hydrogen-bond donors (Lipinski definition) is 1. The lowest BCUT2D eigenvalue weighted by Crippen LogP contribution is -2.22. The van der Waals surface area contributed by atoms with Gasteiger partial charge in [0.25, 0.3) is 0 Å². The Kier molecular flexibility index (Phi) is 7.58. The third kappa shape index (κ3) is 6.15. The topological polar surface area (TPSA) is 28.2 Å². The Morgan fingerprint density at radius 1 is 1.11 bits per heavy atom. The highest BCUT2D eigenvalue weighted by atomic mass is 15.1. The van der Waals surface area contributed by atoms with Crippen LogP contribution in [0.4, 0.5) is 0 Å².